The summed E-state index contributed by atoms with van der Waals surface area (Å²) in [5, 5.41) is 8.14. The summed E-state index contributed by atoms with van der Waals surface area (Å²) in [6.07, 6.45) is 9.35. The minimum absolute atomic E-state index is 0.0800. The minimum Gasteiger partial charge on any atom is -0.315 e. The molecule has 2 heterocycles. The number of hydrogen-bond acceptors (Lipinski definition) is 5. The van der Waals surface area contributed by atoms with Crippen molar-refractivity contribution in [3.05, 3.63) is 0 Å². The molecule has 1 saturated carbocycles. The van der Waals surface area contributed by atoms with E-state index >= 15 is 0 Å². The van der Waals surface area contributed by atoms with Crippen molar-refractivity contribution < 1.29 is 8.42 Å². The molecule has 1 aliphatic carbocycles. The quantitative estimate of drug-likeness (QED) is 0.786. The van der Waals surface area contributed by atoms with Gasteiger partial charge >= 0.3 is 0 Å². The van der Waals surface area contributed by atoms with Crippen molar-refractivity contribution in [3.8, 4) is 0 Å². The Morgan fingerprint density at radius 3 is 2.52 bits per heavy atom. The molecule has 6 heteroatoms. The van der Waals surface area contributed by atoms with Crippen molar-refractivity contribution in [1.82, 2.24) is 10.6 Å². The molecule has 2 N–H and O–H groups in total. The van der Waals surface area contributed by atoms with Crippen LogP contribution in [0.15, 0.2) is 0 Å². The van der Waals surface area contributed by atoms with Crippen molar-refractivity contribution >= 4 is 21.6 Å². The van der Waals surface area contributed by atoms with Gasteiger partial charge in [0.2, 0.25) is 0 Å². The fraction of sp³-hybridized carbons (Fsp3) is 1.00. The zero-order chi connectivity index (χ0) is 16.3. The first-order valence-electron chi connectivity index (χ1n) is 9.27. The number of thioether (sulfide) groups is 1. The summed E-state index contributed by atoms with van der Waals surface area (Å²) >= 11 is 2.12. The number of hydrogen-bond donors (Lipinski definition) is 2. The van der Waals surface area contributed by atoms with Gasteiger partial charge < -0.3 is 10.6 Å². The predicted molar refractivity (Wildman–Crippen MR) is 98.8 cm³/mol. The normalized spacial score (nSPS) is 39.4. The molecule has 134 valence electrons. The largest absolute Gasteiger partial charge is 0.315 e. The lowest BCUT2D eigenvalue weighted by Crippen LogP contribution is -2.50. The summed E-state index contributed by atoms with van der Waals surface area (Å²) in [4.78, 5) is 0. The van der Waals surface area contributed by atoms with Gasteiger partial charge in [0.15, 0.2) is 0 Å². The third-order valence-electron chi connectivity index (χ3n) is 6.03. The van der Waals surface area contributed by atoms with Gasteiger partial charge in [-0.2, -0.15) is 11.8 Å². The molecule has 3 aliphatic rings. The van der Waals surface area contributed by atoms with Crippen LogP contribution in [-0.4, -0.2) is 56.6 Å². The molecule has 0 amide bonds. The van der Waals surface area contributed by atoms with Crippen molar-refractivity contribution in [3.63, 3.8) is 0 Å². The Kier molecular flexibility index (Phi) is 6.32. The van der Waals surface area contributed by atoms with E-state index in [1.807, 2.05) is 0 Å². The molecule has 23 heavy (non-hydrogen) atoms. The maximum absolute atomic E-state index is 11.7. The van der Waals surface area contributed by atoms with E-state index in [9.17, 15) is 8.42 Å². The average Bonchev–Trinajstić information content (AvgIpc) is 3.06. The summed E-state index contributed by atoms with van der Waals surface area (Å²) in [5.41, 5.74) is 0. The molecular formula is C17H32N2O2S2. The minimum atomic E-state index is -2.84. The molecule has 2 saturated heterocycles. The standard InChI is InChI=1S/C17H32N2O2S2/c1-23(20,21)17-6-4-13(5-7-17)14-9-15(11-18-10-14)19-12-16-3-2-8-22-16/h13-19H,2-12H2,1H3. The van der Waals surface area contributed by atoms with E-state index in [1.54, 1.807) is 0 Å². The first-order valence-corrected chi connectivity index (χ1v) is 12.3. The van der Waals surface area contributed by atoms with Gasteiger partial charge in [0.05, 0.1) is 5.25 Å². The molecule has 3 unspecified atom stereocenters. The smallest absolute Gasteiger partial charge is 0.150 e. The molecule has 3 rings (SSSR count). The van der Waals surface area contributed by atoms with Crippen molar-refractivity contribution in [2.24, 2.45) is 11.8 Å². The second-order valence-electron chi connectivity index (χ2n) is 7.76. The van der Waals surface area contributed by atoms with Gasteiger partial charge in [-0.15, -0.1) is 0 Å². The monoisotopic (exact) mass is 360 g/mol. The number of nitrogens with one attached hydrogen (secondary N) is 2. The molecule has 0 aromatic carbocycles. The van der Waals surface area contributed by atoms with E-state index < -0.39 is 9.84 Å². The summed E-state index contributed by atoms with van der Waals surface area (Å²) in [6, 6.07) is 0.600. The highest BCUT2D eigenvalue weighted by molar-refractivity contribution is 8.00. The van der Waals surface area contributed by atoms with E-state index in [0.717, 1.165) is 56.5 Å². The zero-order valence-electron chi connectivity index (χ0n) is 14.3. The maximum atomic E-state index is 11.7. The van der Waals surface area contributed by atoms with Crippen LogP contribution in [0.3, 0.4) is 0 Å². The van der Waals surface area contributed by atoms with Crippen LogP contribution < -0.4 is 10.6 Å². The lowest BCUT2D eigenvalue weighted by atomic mass is 9.76. The number of sulfone groups is 1. The molecule has 0 aromatic heterocycles. The van der Waals surface area contributed by atoms with Crippen LogP contribution in [0.4, 0.5) is 0 Å². The summed E-state index contributed by atoms with van der Waals surface area (Å²) < 4.78 is 23.4. The highest BCUT2D eigenvalue weighted by Gasteiger charge is 2.34. The maximum Gasteiger partial charge on any atom is 0.150 e. The Balaban J connectivity index is 1.43. The first kappa shape index (κ1) is 18.0. The fourth-order valence-electron chi connectivity index (χ4n) is 4.58. The van der Waals surface area contributed by atoms with Crippen LogP contribution in [0, 0.1) is 11.8 Å². The second kappa shape index (κ2) is 8.07. The molecule has 3 fully saturated rings. The Morgan fingerprint density at radius 2 is 1.87 bits per heavy atom. The van der Waals surface area contributed by atoms with Gasteiger partial charge in [-0.25, -0.2) is 8.42 Å². The third kappa shape index (κ3) is 5.10. The number of rotatable bonds is 5. The SMILES string of the molecule is CS(=O)(=O)C1CCC(C2CNCC(NCC3CCCS3)C2)CC1. The zero-order valence-corrected chi connectivity index (χ0v) is 15.9. The highest BCUT2D eigenvalue weighted by Crippen LogP contribution is 2.35. The van der Waals surface area contributed by atoms with Crippen molar-refractivity contribution in [1.29, 1.82) is 0 Å². The van der Waals surface area contributed by atoms with Crippen LogP contribution in [0.25, 0.3) is 0 Å². The summed E-state index contributed by atoms with van der Waals surface area (Å²) in [7, 11) is -2.84. The first-order chi connectivity index (χ1) is 11.0. The van der Waals surface area contributed by atoms with Crippen LogP contribution >= 0.6 is 11.8 Å². The van der Waals surface area contributed by atoms with E-state index in [1.165, 1.54) is 31.3 Å². The summed E-state index contributed by atoms with van der Waals surface area (Å²) in [5.74, 6) is 2.77. The Labute approximate surface area is 145 Å². The van der Waals surface area contributed by atoms with Crippen LogP contribution in [-0.2, 0) is 9.84 Å². The second-order valence-corrected chi connectivity index (χ2v) is 11.5. The van der Waals surface area contributed by atoms with Crippen molar-refractivity contribution in [2.45, 2.75) is 61.5 Å². The predicted octanol–water partition coefficient (Wildman–Crippen LogP) is 2.05. The van der Waals surface area contributed by atoms with Crippen molar-refractivity contribution in [2.75, 3.05) is 31.6 Å². The van der Waals surface area contributed by atoms with Crippen LogP contribution in [0.5, 0.6) is 0 Å². The summed E-state index contributed by atoms with van der Waals surface area (Å²) in [6.45, 7) is 3.36. The Hall–Kier alpha value is 0.220. The molecular weight excluding hydrogens is 328 g/mol. The van der Waals surface area contributed by atoms with Gasteiger partial charge in [-0.05, 0) is 69.1 Å². The molecule has 3 atom stereocenters. The highest BCUT2D eigenvalue weighted by atomic mass is 32.2. The molecule has 0 aromatic rings. The molecule has 2 aliphatic heterocycles. The lowest BCUT2D eigenvalue weighted by Gasteiger charge is -2.39. The molecule has 0 bridgehead atoms. The topological polar surface area (TPSA) is 58.2 Å². The van der Waals surface area contributed by atoms with Gasteiger partial charge in [0.1, 0.15) is 9.84 Å². The van der Waals surface area contributed by atoms with E-state index in [4.69, 9.17) is 0 Å². The molecule has 4 nitrogen and oxygen atoms in total. The number of piperidine rings is 1. The van der Waals surface area contributed by atoms with Gasteiger partial charge in [0, 0.05) is 30.6 Å². The van der Waals surface area contributed by atoms with E-state index in [0.29, 0.717) is 12.0 Å². The Morgan fingerprint density at radius 1 is 1.09 bits per heavy atom. The van der Waals surface area contributed by atoms with Gasteiger partial charge in [0.25, 0.3) is 0 Å². The Bertz CT molecular complexity index is 469. The van der Waals surface area contributed by atoms with Gasteiger partial charge in [-0.3, -0.25) is 0 Å². The average molecular weight is 361 g/mol. The van der Waals surface area contributed by atoms with E-state index in [2.05, 4.69) is 22.4 Å². The van der Waals surface area contributed by atoms with E-state index in [-0.39, 0.29) is 5.25 Å². The van der Waals surface area contributed by atoms with Crippen LogP contribution in [0.2, 0.25) is 0 Å². The molecule has 0 spiro atoms. The van der Waals surface area contributed by atoms with Crippen LogP contribution in [0.1, 0.15) is 44.9 Å². The molecule has 0 radical (unpaired) electrons. The fourth-order valence-corrected chi connectivity index (χ4v) is 6.92. The van der Waals surface area contributed by atoms with Gasteiger partial charge in [-0.1, -0.05) is 0 Å². The lowest BCUT2D eigenvalue weighted by molar-refractivity contribution is 0.185. The third-order valence-corrected chi connectivity index (χ3v) is 9.11.